The van der Waals surface area contributed by atoms with Crippen LogP contribution in [0.2, 0.25) is 0 Å². The Bertz CT molecular complexity index is 722. The van der Waals surface area contributed by atoms with Crippen LogP contribution in [0.25, 0.3) is 0 Å². The summed E-state index contributed by atoms with van der Waals surface area (Å²) in [7, 11) is -1.68. The lowest BCUT2D eigenvalue weighted by molar-refractivity contribution is 0.600. The van der Waals surface area contributed by atoms with E-state index in [0.29, 0.717) is 10.6 Å². The van der Waals surface area contributed by atoms with Crippen molar-refractivity contribution in [1.29, 1.82) is 0 Å². The highest BCUT2D eigenvalue weighted by molar-refractivity contribution is 7.92. The van der Waals surface area contributed by atoms with Gasteiger partial charge < -0.3 is 5.32 Å². The maximum absolute atomic E-state index is 12.4. The van der Waals surface area contributed by atoms with Gasteiger partial charge in [-0.15, -0.1) is 0 Å². The molecule has 0 unspecified atom stereocenters. The molecule has 0 radical (unpaired) electrons. The van der Waals surface area contributed by atoms with Crippen LogP contribution in [0.15, 0.2) is 47.4 Å². The molecule has 0 aromatic heterocycles. The number of nitrogens with one attached hydrogen (secondary N) is 2. The fourth-order valence-electron chi connectivity index (χ4n) is 2.21. The molecular weight excluding hydrogens is 284 g/mol. The fourth-order valence-corrected chi connectivity index (χ4v) is 3.49. The van der Waals surface area contributed by atoms with Crippen molar-refractivity contribution in [3.05, 3.63) is 59.2 Å². The molecule has 0 spiro atoms. The predicted molar refractivity (Wildman–Crippen MR) is 85.9 cm³/mol. The first-order chi connectivity index (χ1) is 9.92. The summed E-state index contributed by atoms with van der Waals surface area (Å²) < 4.78 is 27.5. The van der Waals surface area contributed by atoms with E-state index in [4.69, 9.17) is 0 Å². The van der Waals surface area contributed by atoms with Gasteiger partial charge in [0.05, 0.1) is 4.90 Å². The molecule has 0 saturated heterocycles. The topological polar surface area (TPSA) is 58.2 Å². The average molecular weight is 304 g/mol. The summed E-state index contributed by atoms with van der Waals surface area (Å²) in [6, 6.07) is 12.7. The summed E-state index contributed by atoms with van der Waals surface area (Å²) in [5, 5.41) is 3.05. The van der Waals surface area contributed by atoms with Crippen molar-refractivity contribution in [2.75, 3.05) is 11.8 Å². The van der Waals surface area contributed by atoms with E-state index in [9.17, 15) is 8.42 Å². The molecule has 21 heavy (non-hydrogen) atoms. The van der Waals surface area contributed by atoms with Crippen molar-refractivity contribution in [2.24, 2.45) is 0 Å². The number of aryl methyl sites for hydroxylation is 2. The largest absolute Gasteiger partial charge is 0.316 e. The van der Waals surface area contributed by atoms with Gasteiger partial charge in [0, 0.05) is 12.2 Å². The van der Waals surface area contributed by atoms with Crippen LogP contribution >= 0.6 is 0 Å². The zero-order chi connectivity index (χ0) is 15.5. The lowest BCUT2D eigenvalue weighted by Crippen LogP contribution is -2.14. The summed E-state index contributed by atoms with van der Waals surface area (Å²) in [5.74, 6) is 0. The molecule has 2 rings (SSSR count). The van der Waals surface area contributed by atoms with Crippen molar-refractivity contribution in [2.45, 2.75) is 25.3 Å². The molecule has 0 atom stereocenters. The zero-order valence-electron chi connectivity index (χ0n) is 12.5. The number of anilines is 1. The molecule has 2 N–H and O–H groups in total. The second kappa shape index (κ2) is 6.28. The summed E-state index contributed by atoms with van der Waals surface area (Å²) >= 11 is 0. The van der Waals surface area contributed by atoms with Crippen molar-refractivity contribution in [3.63, 3.8) is 0 Å². The van der Waals surface area contributed by atoms with Gasteiger partial charge in [-0.3, -0.25) is 4.72 Å². The molecule has 0 aliphatic carbocycles. The van der Waals surface area contributed by atoms with Gasteiger partial charge in [-0.2, -0.15) is 0 Å². The Balaban J connectivity index is 2.24. The number of hydrogen-bond acceptors (Lipinski definition) is 3. The molecule has 2 aromatic rings. The van der Waals surface area contributed by atoms with Crippen LogP contribution in [0.4, 0.5) is 5.69 Å². The molecule has 0 aliphatic heterocycles. The van der Waals surface area contributed by atoms with Crippen LogP contribution in [0.3, 0.4) is 0 Å². The normalized spacial score (nSPS) is 11.4. The molecule has 0 bridgehead atoms. The molecule has 2 aromatic carbocycles. The Morgan fingerprint density at radius 3 is 2.24 bits per heavy atom. The van der Waals surface area contributed by atoms with E-state index in [2.05, 4.69) is 10.0 Å². The van der Waals surface area contributed by atoms with Gasteiger partial charge in [0.1, 0.15) is 0 Å². The smallest absolute Gasteiger partial charge is 0.262 e. The van der Waals surface area contributed by atoms with Gasteiger partial charge in [-0.1, -0.05) is 29.8 Å². The number of sulfonamides is 1. The lowest BCUT2D eigenvalue weighted by atomic mass is 10.2. The number of benzene rings is 2. The number of hydrogen-bond donors (Lipinski definition) is 2. The maximum atomic E-state index is 12.4. The van der Waals surface area contributed by atoms with E-state index in [-0.39, 0.29) is 0 Å². The lowest BCUT2D eigenvalue weighted by Gasteiger charge is -2.11. The van der Waals surface area contributed by atoms with Crippen LogP contribution in [-0.2, 0) is 16.6 Å². The quantitative estimate of drug-likeness (QED) is 0.893. The molecule has 0 saturated carbocycles. The van der Waals surface area contributed by atoms with E-state index < -0.39 is 10.0 Å². The Kier molecular flexibility index (Phi) is 4.65. The van der Waals surface area contributed by atoms with Gasteiger partial charge in [-0.05, 0) is 50.2 Å². The van der Waals surface area contributed by atoms with Gasteiger partial charge >= 0.3 is 0 Å². The molecule has 112 valence electrons. The van der Waals surface area contributed by atoms with Gasteiger partial charge in [0.15, 0.2) is 0 Å². The van der Waals surface area contributed by atoms with Crippen LogP contribution in [0, 0.1) is 13.8 Å². The Morgan fingerprint density at radius 2 is 1.67 bits per heavy atom. The Labute approximate surface area is 126 Å². The first-order valence-electron chi connectivity index (χ1n) is 6.76. The molecular formula is C16H20N2O2S. The third-order valence-corrected chi connectivity index (χ3v) is 4.75. The first-order valence-corrected chi connectivity index (χ1v) is 8.24. The van der Waals surface area contributed by atoms with Gasteiger partial charge in [0.2, 0.25) is 0 Å². The molecule has 0 fully saturated rings. The minimum atomic E-state index is -3.55. The summed E-state index contributed by atoms with van der Waals surface area (Å²) in [5.41, 5.74) is 3.46. The van der Waals surface area contributed by atoms with E-state index >= 15 is 0 Å². The minimum absolute atomic E-state index is 0.312. The summed E-state index contributed by atoms with van der Waals surface area (Å²) in [6.07, 6.45) is 0. The molecule has 4 nitrogen and oxygen atoms in total. The van der Waals surface area contributed by atoms with Crippen LogP contribution < -0.4 is 10.0 Å². The first kappa shape index (κ1) is 15.5. The predicted octanol–water partition coefficient (Wildman–Crippen LogP) is 2.82. The molecule has 0 amide bonds. The highest BCUT2D eigenvalue weighted by atomic mass is 32.2. The van der Waals surface area contributed by atoms with Crippen molar-refractivity contribution in [3.8, 4) is 0 Å². The molecule has 5 heteroatoms. The SMILES string of the molecule is CNCc1ccc(NS(=O)(=O)c2ccc(C)cc2C)cc1. The van der Waals surface area contributed by atoms with Crippen molar-refractivity contribution >= 4 is 15.7 Å². The third-order valence-electron chi connectivity index (χ3n) is 3.21. The minimum Gasteiger partial charge on any atom is -0.316 e. The summed E-state index contributed by atoms with van der Waals surface area (Å²) in [4.78, 5) is 0.312. The van der Waals surface area contributed by atoms with Gasteiger partial charge in [-0.25, -0.2) is 8.42 Å². The van der Waals surface area contributed by atoms with Crippen LogP contribution in [0.5, 0.6) is 0 Å². The Hall–Kier alpha value is -1.85. The highest BCUT2D eigenvalue weighted by Gasteiger charge is 2.16. The fraction of sp³-hybridized carbons (Fsp3) is 0.250. The molecule has 0 heterocycles. The van der Waals surface area contributed by atoms with E-state index in [1.54, 1.807) is 31.2 Å². The average Bonchev–Trinajstić information content (AvgIpc) is 2.40. The zero-order valence-corrected chi connectivity index (χ0v) is 13.3. The third kappa shape index (κ3) is 3.83. The van der Waals surface area contributed by atoms with E-state index in [1.165, 1.54) is 0 Å². The monoisotopic (exact) mass is 304 g/mol. The standard InChI is InChI=1S/C16H20N2O2S/c1-12-4-9-16(13(2)10-12)21(19,20)18-15-7-5-14(6-8-15)11-17-3/h4-10,17-18H,11H2,1-3H3. The second-order valence-corrected chi connectivity index (χ2v) is 6.75. The second-order valence-electron chi connectivity index (χ2n) is 5.10. The van der Waals surface area contributed by atoms with Crippen molar-refractivity contribution < 1.29 is 8.42 Å². The van der Waals surface area contributed by atoms with Gasteiger partial charge in [0.25, 0.3) is 10.0 Å². The Morgan fingerprint density at radius 1 is 1.00 bits per heavy atom. The van der Waals surface area contributed by atoms with E-state index in [0.717, 1.165) is 23.2 Å². The number of rotatable bonds is 5. The summed E-state index contributed by atoms with van der Waals surface area (Å²) in [6.45, 7) is 4.50. The maximum Gasteiger partial charge on any atom is 0.262 e. The molecule has 0 aliphatic rings. The van der Waals surface area contributed by atoms with E-state index in [1.807, 2.05) is 32.2 Å². The van der Waals surface area contributed by atoms with Crippen LogP contribution in [-0.4, -0.2) is 15.5 Å². The van der Waals surface area contributed by atoms with Crippen LogP contribution in [0.1, 0.15) is 16.7 Å². The highest BCUT2D eigenvalue weighted by Crippen LogP contribution is 2.20. The van der Waals surface area contributed by atoms with Crippen molar-refractivity contribution in [1.82, 2.24) is 5.32 Å².